The summed E-state index contributed by atoms with van der Waals surface area (Å²) in [5, 5.41) is 9.09. The monoisotopic (exact) mass is 805 g/mol. The number of rotatable bonds is 15. The number of methoxy groups -OCH3 is 3. The Kier molecular flexibility index (Phi) is 13.7. The van der Waals surface area contributed by atoms with Gasteiger partial charge in [0.2, 0.25) is 5.91 Å². The number of amides is 3. The minimum absolute atomic E-state index is 0.0479. The summed E-state index contributed by atoms with van der Waals surface area (Å²) in [6.07, 6.45) is 3.90. The van der Waals surface area contributed by atoms with E-state index >= 15 is 0 Å². The fraction of sp³-hybridized carbons (Fsp3) is 0.227. The van der Waals surface area contributed by atoms with Crippen LogP contribution in [-0.4, -0.2) is 57.4 Å². The highest BCUT2D eigenvalue weighted by Crippen LogP contribution is 2.43. The Hall–Kier alpha value is -6.05. The number of benzene rings is 4. The maximum absolute atomic E-state index is 13.9. The summed E-state index contributed by atoms with van der Waals surface area (Å²) < 4.78 is 21.8. The first-order valence-corrected chi connectivity index (χ1v) is 20.1. The number of hydrogen-bond donors (Lipinski definition) is 3. The Bertz CT molecular complexity index is 2270. The largest absolute Gasteiger partial charge is 0.496 e. The number of fused-ring (bicyclic) bond motifs is 1. The van der Waals surface area contributed by atoms with E-state index in [2.05, 4.69) is 28.1 Å². The topological polar surface area (TPSA) is 141 Å². The molecule has 0 spiro atoms. The van der Waals surface area contributed by atoms with Gasteiger partial charge in [0.15, 0.2) is 11.5 Å². The third-order valence-electron chi connectivity index (χ3n) is 9.30. The molecule has 5 aromatic rings. The Balaban J connectivity index is 1.17. The fourth-order valence-corrected chi connectivity index (χ4v) is 8.63. The molecule has 1 heterocycles. The van der Waals surface area contributed by atoms with Gasteiger partial charge in [-0.15, -0.1) is 23.1 Å². The molecule has 13 heteroatoms. The van der Waals surface area contributed by atoms with Crippen LogP contribution in [0.25, 0.3) is 6.08 Å². The molecular weight excluding hydrogens is 763 g/mol. The van der Waals surface area contributed by atoms with Crippen molar-refractivity contribution in [3.05, 3.63) is 135 Å². The van der Waals surface area contributed by atoms with Crippen molar-refractivity contribution in [2.75, 3.05) is 44.3 Å². The summed E-state index contributed by atoms with van der Waals surface area (Å²) in [5.41, 5.74) is 3.86. The molecule has 6 rings (SSSR count). The lowest BCUT2D eigenvalue weighted by Crippen LogP contribution is -2.30. The molecule has 3 N–H and O–H groups in total. The highest BCUT2D eigenvalue weighted by Gasteiger charge is 2.31. The Morgan fingerprint density at radius 1 is 0.825 bits per heavy atom. The second-order valence-electron chi connectivity index (χ2n) is 12.9. The molecular formula is C44H43N3O8S2. The summed E-state index contributed by atoms with van der Waals surface area (Å²) in [6.45, 7) is 1.99. The van der Waals surface area contributed by atoms with Crippen molar-refractivity contribution < 1.29 is 38.1 Å². The molecule has 0 radical (unpaired) electrons. The maximum atomic E-state index is 13.9. The van der Waals surface area contributed by atoms with Crippen molar-refractivity contribution in [2.24, 2.45) is 0 Å². The average molecular weight is 806 g/mol. The molecule has 11 nitrogen and oxygen atoms in total. The molecule has 0 bridgehead atoms. The lowest BCUT2D eigenvalue weighted by molar-refractivity contribution is -0.114. The number of ether oxygens (including phenoxy) is 4. The lowest BCUT2D eigenvalue weighted by atomic mass is 9.83. The molecule has 1 aromatic heterocycles. The molecule has 3 amide bonds. The van der Waals surface area contributed by atoms with Gasteiger partial charge in [-0.25, -0.2) is 4.79 Å². The number of carbonyl (C=O) groups is 4. The lowest BCUT2D eigenvalue weighted by Gasteiger charge is -2.23. The standard InChI is InChI=1S/C44H43N3O8S2/c1-5-55-44(51)40-33-20-19-29(27-13-8-6-9-14-27)23-38(33)57-43(40)47-39(48)26-56-32-18-12-17-31(24-32)45-42(50)34(46-41(49)28-15-10-7-11-16-28)21-30-22-36(53-3)37(54-4)25-35(30)52-2/h6-18,21-22,24-25,29H,5,19-20,23,26H2,1-4H3,(H,45,50)(H,46,49)(H,47,48)/b34-21+. The van der Waals surface area contributed by atoms with Gasteiger partial charge in [0.05, 0.1) is 39.3 Å². The number of nitrogens with one attached hydrogen (secondary N) is 3. The zero-order valence-corrected chi connectivity index (χ0v) is 33.6. The van der Waals surface area contributed by atoms with E-state index in [0.717, 1.165) is 29.7 Å². The summed E-state index contributed by atoms with van der Waals surface area (Å²) in [5.74, 6) is -0.198. The normalized spacial score (nSPS) is 13.5. The number of carbonyl (C=O) groups excluding carboxylic acids is 4. The second-order valence-corrected chi connectivity index (χ2v) is 15.1. The van der Waals surface area contributed by atoms with Crippen LogP contribution in [0.1, 0.15) is 61.5 Å². The van der Waals surface area contributed by atoms with E-state index in [9.17, 15) is 19.2 Å². The van der Waals surface area contributed by atoms with Crippen LogP contribution in [-0.2, 0) is 27.2 Å². The van der Waals surface area contributed by atoms with E-state index in [4.69, 9.17) is 18.9 Å². The van der Waals surface area contributed by atoms with E-state index < -0.39 is 17.8 Å². The van der Waals surface area contributed by atoms with Crippen LogP contribution in [0.5, 0.6) is 17.2 Å². The third-order valence-corrected chi connectivity index (χ3v) is 11.5. The SMILES string of the molecule is CCOC(=O)c1c(NC(=O)CSc2cccc(NC(=O)/C(=C\c3cc(OC)c(OC)cc3OC)NC(=O)c3ccccc3)c2)sc2c1CCC(c1ccccc1)C2. The fourth-order valence-electron chi connectivity index (χ4n) is 6.54. The zero-order chi connectivity index (χ0) is 40.3. The van der Waals surface area contributed by atoms with Crippen molar-refractivity contribution in [1.82, 2.24) is 5.32 Å². The second kappa shape index (κ2) is 19.2. The summed E-state index contributed by atoms with van der Waals surface area (Å²) >= 11 is 2.72. The van der Waals surface area contributed by atoms with Crippen LogP contribution in [0.3, 0.4) is 0 Å². The Labute approximate surface area is 339 Å². The van der Waals surface area contributed by atoms with E-state index in [1.807, 2.05) is 24.3 Å². The van der Waals surface area contributed by atoms with E-state index in [-0.39, 0.29) is 24.0 Å². The summed E-state index contributed by atoms with van der Waals surface area (Å²) in [6, 6.07) is 29.2. The Morgan fingerprint density at radius 3 is 2.23 bits per heavy atom. The van der Waals surface area contributed by atoms with Gasteiger partial charge >= 0.3 is 5.97 Å². The first kappa shape index (κ1) is 40.6. The van der Waals surface area contributed by atoms with E-state index in [0.29, 0.717) is 55.4 Å². The van der Waals surface area contributed by atoms with Crippen LogP contribution in [0.15, 0.2) is 108 Å². The smallest absolute Gasteiger partial charge is 0.341 e. The minimum Gasteiger partial charge on any atom is -0.496 e. The number of thiophene rings is 1. The molecule has 1 atom stereocenters. The Morgan fingerprint density at radius 2 is 1.53 bits per heavy atom. The predicted octanol–water partition coefficient (Wildman–Crippen LogP) is 8.36. The van der Waals surface area contributed by atoms with Crippen molar-refractivity contribution in [3.8, 4) is 17.2 Å². The minimum atomic E-state index is -0.598. The first-order chi connectivity index (χ1) is 27.7. The summed E-state index contributed by atoms with van der Waals surface area (Å²) in [4.78, 5) is 55.5. The van der Waals surface area contributed by atoms with E-state index in [1.54, 1.807) is 67.6 Å². The number of hydrogen-bond acceptors (Lipinski definition) is 10. The van der Waals surface area contributed by atoms with Gasteiger partial charge < -0.3 is 34.9 Å². The number of esters is 1. The highest BCUT2D eigenvalue weighted by molar-refractivity contribution is 8.00. The van der Waals surface area contributed by atoms with Gasteiger partial charge in [-0.3, -0.25) is 14.4 Å². The molecule has 0 fully saturated rings. The zero-order valence-electron chi connectivity index (χ0n) is 32.0. The molecule has 1 aliphatic carbocycles. The predicted molar refractivity (Wildman–Crippen MR) is 224 cm³/mol. The summed E-state index contributed by atoms with van der Waals surface area (Å²) in [7, 11) is 4.48. The van der Waals surface area contributed by atoms with Gasteiger partial charge in [-0.1, -0.05) is 54.6 Å². The highest BCUT2D eigenvalue weighted by atomic mass is 32.2. The number of thioether (sulfide) groups is 1. The van der Waals surface area contributed by atoms with E-state index in [1.165, 1.54) is 56.1 Å². The van der Waals surface area contributed by atoms with Crippen LogP contribution in [0.4, 0.5) is 10.7 Å². The van der Waals surface area contributed by atoms with Crippen molar-refractivity contribution in [2.45, 2.75) is 37.0 Å². The van der Waals surface area contributed by atoms with Crippen LogP contribution in [0.2, 0.25) is 0 Å². The molecule has 1 aliphatic rings. The third kappa shape index (κ3) is 10.0. The molecule has 4 aromatic carbocycles. The molecule has 57 heavy (non-hydrogen) atoms. The molecule has 0 saturated heterocycles. The first-order valence-electron chi connectivity index (χ1n) is 18.3. The van der Waals surface area contributed by atoms with Crippen LogP contribution < -0.4 is 30.2 Å². The van der Waals surface area contributed by atoms with Crippen molar-refractivity contribution in [1.29, 1.82) is 0 Å². The molecule has 0 aliphatic heterocycles. The molecule has 1 unspecified atom stereocenters. The van der Waals surface area contributed by atoms with Crippen molar-refractivity contribution in [3.63, 3.8) is 0 Å². The van der Waals surface area contributed by atoms with Gasteiger partial charge in [0.25, 0.3) is 11.8 Å². The van der Waals surface area contributed by atoms with Crippen molar-refractivity contribution >= 4 is 63.6 Å². The van der Waals surface area contributed by atoms with Crippen LogP contribution in [0, 0.1) is 0 Å². The van der Waals surface area contributed by atoms with Gasteiger partial charge in [-0.05, 0) is 85.7 Å². The van der Waals surface area contributed by atoms with Crippen LogP contribution >= 0.6 is 23.1 Å². The van der Waals surface area contributed by atoms with Gasteiger partial charge in [-0.2, -0.15) is 0 Å². The molecule has 0 saturated carbocycles. The number of anilines is 2. The maximum Gasteiger partial charge on any atom is 0.341 e. The molecule has 294 valence electrons. The average Bonchev–Trinajstić information content (AvgIpc) is 3.60. The van der Waals surface area contributed by atoms with Gasteiger partial charge in [0, 0.05) is 32.7 Å². The van der Waals surface area contributed by atoms with Gasteiger partial charge in [0.1, 0.15) is 16.4 Å². The quantitative estimate of drug-likeness (QED) is 0.0541.